The molecular weight excluding hydrogens is 458 g/mol. The van der Waals surface area contributed by atoms with E-state index in [1.807, 2.05) is 0 Å². The van der Waals surface area contributed by atoms with Crippen LogP contribution in [0.15, 0.2) is 158 Å². The Morgan fingerprint density at radius 3 is 1.50 bits per heavy atom. The molecule has 0 aliphatic rings. The Kier molecular flexibility index (Phi) is 6.57. The fraction of sp³-hybridized carbons (Fsp3) is 0.0270. The summed E-state index contributed by atoms with van der Waals surface area (Å²) in [6.45, 7) is 2.13. The normalized spacial score (nSPS) is 10.8. The number of anilines is 3. The molecule has 1 heteroatoms. The monoisotopic (exact) mass is 487 g/mol. The molecule has 6 aromatic carbocycles. The zero-order chi connectivity index (χ0) is 25.7. The van der Waals surface area contributed by atoms with Crippen LogP contribution in [0.3, 0.4) is 0 Å². The van der Waals surface area contributed by atoms with Crippen LogP contribution in [-0.4, -0.2) is 0 Å². The van der Waals surface area contributed by atoms with E-state index in [2.05, 4.69) is 170 Å². The summed E-state index contributed by atoms with van der Waals surface area (Å²) >= 11 is 0. The third-order valence-corrected chi connectivity index (χ3v) is 6.93. The molecule has 38 heavy (non-hydrogen) atoms. The Balaban J connectivity index is 1.57. The minimum Gasteiger partial charge on any atom is -0.310 e. The average Bonchev–Trinajstić information content (AvgIpc) is 3.00. The van der Waals surface area contributed by atoms with Crippen molar-refractivity contribution in [3.63, 3.8) is 0 Å². The van der Waals surface area contributed by atoms with Gasteiger partial charge in [-0.3, -0.25) is 0 Å². The van der Waals surface area contributed by atoms with Gasteiger partial charge in [-0.1, -0.05) is 127 Å². The molecule has 0 spiro atoms. The van der Waals surface area contributed by atoms with Gasteiger partial charge in [-0.2, -0.15) is 0 Å². The molecule has 0 heterocycles. The van der Waals surface area contributed by atoms with Crippen molar-refractivity contribution < 1.29 is 0 Å². The second-order valence-electron chi connectivity index (χ2n) is 9.55. The highest BCUT2D eigenvalue weighted by atomic mass is 15.1. The van der Waals surface area contributed by atoms with E-state index in [4.69, 9.17) is 0 Å². The molecule has 0 aliphatic heterocycles. The van der Waals surface area contributed by atoms with Crippen LogP contribution in [0.4, 0.5) is 17.1 Å². The van der Waals surface area contributed by atoms with E-state index in [-0.39, 0.29) is 0 Å². The number of aryl methyl sites for hydroxylation is 1. The molecule has 0 amide bonds. The molecule has 0 saturated heterocycles. The first-order valence-corrected chi connectivity index (χ1v) is 13.0. The van der Waals surface area contributed by atoms with E-state index in [0.717, 1.165) is 17.1 Å². The van der Waals surface area contributed by atoms with Crippen LogP contribution < -0.4 is 4.90 Å². The van der Waals surface area contributed by atoms with E-state index >= 15 is 0 Å². The zero-order valence-electron chi connectivity index (χ0n) is 21.5. The van der Waals surface area contributed by atoms with Gasteiger partial charge in [0.25, 0.3) is 0 Å². The van der Waals surface area contributed by atoms with Crippen LogP contribution in [0, 0.1) is 6.92 Å². The standard InChI is InChI=1S/C37H29N/c1-28-20-23-34(24-21-28)38(35-19-11-18-32(26-35)29-12-5-2-6-13-29)37-25-22-33(30-14-7-3-8-15-30)27-36(37)31-16-9-4-10-17-31/h2-27H,1H3. The van der Waals surface area contributed by atoms with Gasteiger partial charge in [0.2, 0.25) is 0 Å². The molecule has 1 nitrogen and oxygen atoms in total. The molecule has 0 atom stereocenters. The Hall–Kier alpha value is -4.88. The molecule has 0 bridgehead atoms. The summed E-state index contributed by atoms with van der Waals surface area (Å²) in [6, 6.07) is 56.3. The van der Waals surface area contributed by atoms with E-state index in [1.165, 1.54) is 38.9 Å². The molecule has 6 aromatic rings. The summed E-state index contributed by atoms with van der Waals surface area (Å²) in [6.07, 6.45) is 0. The molecule has 0 unspecified atom stereocenters. The Bertz CT molecular complexity index is 1640. The van der Waals surface area contributed by atoms with E-state index < -0.39 is 0 Å². The SMILES string of the molecule is Cc1ccc(N(c2cccc(-c3ccccc3)c2)c2ccc(-c3ccccc3)cc2-c2ccccc2)cc1. The van der Waals surface area contributed by atoms with Crippen LogP contribution in [0.25, 0.3) is 33.4 Å². The molecule has 182 valence electrons. The summed E-state index contributed by atoms with van der Waals surface area (Å²) in [5, 5.41) is 0. The van der Waals surface area contributed by atoms with Crippen molar-refractivity contribution in [2.24, 2.45) is 0 Å². The smallest absolute Gasteiger partial charge is 0.0540 e. The van der Waals surface area contributed by atoms with Crippen molar-refractivity contribution >= 4 is 17.1 Å². The van der Waals surface area contributed by atoms with Crippen molar-refractivity contribution in [2.45, 2.75) is 6.92 Å². The second kappa shape index (κ2) is 10.6. The van der Waals surface area contributed by atoms with Crippen molar-refractivity contribution in [2.75, 3.05) is 4.90 Å². The lowest BCUT2D eigenvalue weighted by molar-refractivity contribution is 1.27. The van der Waals surface area contributed by atoms with Gasteiger partial charge in [0, 0.05) is 16.9 Å². The summed E-state index contributed by atoms with van der Waals surface area (Å²) in [5.74, 6) is 0. The minimum absolute atomic E-state index is 1.12. The number of nitrogens with zero attached hydrogens (tertiary/aromatic N) is 1. The van der Waals surface area contributed by atoms with Gasteiger partial charge in [-0.25, -0.2) is 0 Å². The van der Waals surface area contributed by atoms with Gasteiger partial charge in [0.1, 0.15) is 0 Å². The molecule has 0 N–H and O–H groups in total. The molecule has 0 radical (unpaired) electrons. The molecule has 0 aliphatic carbocycles. The largest absolute Gasteiger partial charge is 0.310 e. The van der Waals surface area contributed by atoms with Gasteiger partial charge >= 0.3 is 0 Å². The maximum Gasteiger partial charge on any atom is 0.0540 e. The third kappa shape index (κ3) is 4.87. The first-order chi connectivity index (χ1) is 18.8. The molecule has 0 fully saturated rings. The fourth-order valence-corrected chi connectivity index (χ4v) is 4.97. The molecular formula is C37H29N. The van der Waals surface area contributed by atoms with Crippen molar-refractivity contribution in [1.82, 2.24) is 0 Å². The van der Waals surface area contributed by atoms with Crippen LogP contribution in [0.1, 0.15) is 5.56 Å². The van der Waals surface area contributed by atoms with Crippen LogP contribution >= 0.6 is 0 Å². The maximum atomic E-state index is 2.38. The maximum absolute atomic E-state index is 2.38. The van der Waals surface area contributed by atoms with Gasteiger partial charge in [0.15, 0.2) is 0 Å². The lowest BCUT2D eigenvalue weighted by Gasteiger charge is -2.29. The predicted molar refractivity (Wildman–Crippen MR) is 162 cm³/mol. The lowest BCUT2D eigenvalue weighted by Crippen LogP contribution is -2.11. The number of hydrogen-bond donors (Lipinski definition) is 0. The quantitative estimate of drug-likeness (QED) is 0.226. The Labute approximate surface area is 225 Å². The van der Waals surface area contributed by atoms with Gasteiger partial charge < -0.3 is 4.90 Å². The van der Waals surface area contributed by atoms with Crippen LogP contribution in [0.5, 0.6) is 0 Å². The van der Waals surface area contributed by atoms with Crippen molar-refractivity contribution in [1.29, 1.82) is 0 Å². The molecule has 0 saturated carbocycles. The van der Waals surface area contributed by atoms with E-state index in [1.54, 1.807) is 0 Å². The fourth-order valence-electron chi connectivity index (χ4n) is 4.97. The summed E-state index contributed by atoms with van der Waals surface area (Å²) < 4.78 is 0. The highest BCUT2D eigenvalue weighted by Gasteiger charge is 2.18. The van der Waals surface area contributed by atoms with Crippen LogP contribution in [-0.2, 0) is 0 Å². The number of hydrogen-bond acceptors (Lipinski definition) is 1. The summed E-state index contributed by atoms with van der Waals surface area (Å²) in [5.41, 5.74) is 11.8. The van der Waals surface area contributed by atoms with E-state index in [9.17, 15) is 0 Å². The molecule has 6 rings (SSSR count). The second-order valence-corrected chi connectivity index (χ2v) is 9.55. The first-order valence-electron chi connectivity index (χ1n) is 13.0. The van der Waals surface area contributed by atoms with Gasteiger partial charge in [-0.05, 0) is 71.1 Å². The summed E-state index contributed by atoms with van der Waals surface area (Å²) in [7, 11) is 0. The predicted octanol–water partition coefficient (Wildman–Crippen LogP) is 10.5. The van der Waals surface area contributed by atoms with Crippen molar-refractivity contribution in [3.05, 3.63) is 163 Å². The molecule has 0 aromatic heterocycles. The Morgan fingerprint density at radius 1 is 0.368 bits per heavy atom. The number of rotatable bonds is 6. The number of benzene rings is 6. The highest BCUT2D eigenvalue weighted by Crippen LogP contribution is 2.43. The third-order valence-electron chi connectivity index (χ3n) is 6.93. The zero-order valence-corrected chi connectivity index (χ0v) is 21.5. The topological polar surface area (TPSA) is 3.24 Å². The van der Waals surface area contributed by atoms with E-state index in [0.29, 0.717) is 0 Å². The van der Waals surface area contributed by atoms with Crippen LogP contribution in [0.2, 0.25) is 0 Å². The summed E-state index contributed by atoms with van der Waals surface area (Å²) in [4.78, 5) is 2.38. The van der Waals surface area contributed by atoms with Gasteiger partial charge in [-0.15, -0.1) is 0 Å². The first kappa shape index (κ1) is 23.5. The van der Waals surface area contributed by atoms with Gasteiger partial charge in [0.05, 0.1) is 5.69 Å². The van der Waals surface area contributed by atoms with Crippen molar-refractivity contribution in [3.8, 4) is 33.4 Å². The average molecular weight is 488 g/mol. The lowest BCUT2D eigenvalue weighted by atomic mass is 9.96. The Morgan fingerprint density at radius 2 is 0.895 bits per heavy atom. The highest BCUT2D eigenvalue weighted by molar-refractivity contribution is 5.91. The minimum atomic E-state index is 1.12.